The van der Waals surface area contributed by atoms with Crippen molar-refractivity contribution < 1.29 is 28.8 Å². The molecule has 1 N–H and O–H groups in total. The van der Waals surface area contributed by atoms with Crippen molar-refractivity contribution >= 4 is 0 Å². The molecule has 2 aromatic rings. The Labute approximate surface area is 209 Å². The van der Waals surface area contributed by atoms with Crippen LogP contribution in [0.2, 0.25) is 0 Å². The summed E-state index contributed by atoms with van der Waals surface area (Å²) in [5.74, 6) is 3.11. The van der Waals surface area contributed by atoms with E-state index in [1.807, 2.05) is 38.1 Å². The van der Waals surface area contributed by atoms with Crippen LogP contribution in [0, 0.1) is 0 Å². The molecular formula is C28H41NO6. The normalized spacial score (nSPS) is 20.3. The summed E-state index contributed by atoms with van der Waals surface area (Å²) in [6.07, 6.45) is 5.69. The standard InChI is InChI=1S/C23H27NO6.C3H8.C2H6/c1-26-20-8-14(9-21(27-2)23(20)25)15-11-22(24-6-4-3-5-7-24)30-17-12-19-18(10-16(15)17)28-13-29-19;1-3-2;1-2/h8-10,12,15,22,25H,3-7,11,13H2,1-2H3;3H2,1-2H3;1-2H3. The Balaban J connectivity index is 0.000000638. The molecule has 3 aliphatic rings. The van der Waals surface area contributed by atoms with Gasteiger partial charge in [-0.1, -0.05) is 40.5 Å². The van der Waals surface area contributed by atoms with Crippen molar-refractivity contribution in [2.45, 2.75) is 71.9 Å². The third kappa shape index (κ3) is 5.89. The summed E-state index contributed by atoms with van der Waals surface area (Å²) >= 11 is 0. The van der Waals surface area contributed by atoms with Crippen molar-refractivity contribution in [1.82, 2.24) is 4.90 Å². The average molecular weight is 488 g/mol. The molecule has 2 aromatic carbocycles. The number of rotatable bonds is 4. The second kappa shape index (κ2) is 12.8. The Morgan fingerprint density at radius 2 is 1.46 bits per heavy atom. The maximum Gasteiger partial charge on any atom is 0.231 e. The molecule has 1 fully saturated rings. The van der Waals surface area contributed by atoms with Crippen molar-refractivity contribution in [3.05, 3.63) is 35.4 Å². The lowest BCUT2D eigenvalue weighted by Crippen LogP contribution is -2.45. The van der Waals surface area contributed by atoms with Crippen LogP contribution in [0.3, 0.4) is 0 Å². The Hall–Kier alpha value is -2.80. The van der Waals surface area contributed by atoms with E-state index >= 15 is 0 Å². The number of hydrogen-bond donors (Lipinski definition) is 1. The summed E-state index contributed by atoms with van der Waals surface area (Å²) in [5, 5.41) is 10.4. The quantitative estimate of drug-likeness (QED) is 0.542. The monoisotopic (exact) mass is 487 g/mol. The smallest absolute Gasteiger partial charge is 0.231 e. The lowest BCUT2D eigenvalue weighted by molar-refractivity contribution is -0.00602. The highest BCUT2D eigenvalue weighted by molar-refractivity contribution is 5.59. The van der Waals surface area contributed by atoms with E-state index in [1.54, 1.807) is 14.2 Å². The molecule has 0 saturated carbocycles. The zero-order valence-electron chi connectivity index (χ0n) is 22.1. The largest absolute Gasteiger partial charge is 0.502 e. The Kier molecular flexibility index (Phi) is 9.78. The van der Waals surface area contributed by atoms with Gasteiger partial charge in [-0.3, -0.25) is 4.90 Å². The fourth-order valence-electron chi connectivity index (χ4n) is 4.70. The number of ether oxygens (including phenoxy) is 5. The van der Waals surface area contributed by atoms with Gasteiger partial charge >= 0.3 is 0 Å². The van der Waals surface area contributed by atoms with Gasteiger partial charge in [0.2, 0.25) is 12.5 Å². The van der Waals surface area contributed by atoms with E-state index in [0.29, 0.717) is 17.2 Å². The molecule has 7 heteroatoms. The molecule has 0 aliphatic carbocycles. The van der Waals surface area contributed by atoms with Crippen molar-refractivity contribution in [3.8, 4) is 34.5 Å². The molecule has 0 radical (unpaired) electrons. The molecule has 194 valence electrons. The Bertz CT molecular complexity index is 932. The van der Waals surface area contributed by atoms with E-state index in [9.17, 15) is 5.11 Å². The molecule has 3 heterocycles. The molecule has 0 amide bonds. The summed E-state index contributed by atoms with van der Waals surface area (Å²) in [6, 6.07) is 7.72. The first-order valence-electron chi connectivity index (χ1n) is 12.9. The third-order valence-electron chi connectivity index (χ3n) is 6.28. The number of methoxy groups -OCH3 is 2. The second-order valence-corrected chi connectivity index (χ2v) is 8.68. The predicted octanol–water partition coefficient (Wildman–Crippen LogP) is 6.31. The van der Waals surface area contributed by atoms with Crippen molar-refractivity contribution in [2.75, 3.05) is 34.1 Å². The number of benzene rings is 2. The number of phenols is 1. The SMILES string of the molecule is CC.CCC.COc1cc(C2CC(N3CCCCC3)Oc3cc4c(cc32)OCO4)cc(OC)c1O. The van der Waals surface area contributed by atoms with Gasteiger partial charge in [0.05, 0.1) is 14.2 Å². The number of fused-ring (bicyclic) bond motifs is 2. The molecule has 0 bridgehead atoms. The fourth-order valence-corrected chi connectivity index (χ4v) is 4.70. The zero-order valence-corrected chi connectivity index (χ0v) is 22.1. The van der Waals surface area contributed by atoms with Crippen LogP contribution in [-0.2, 0) is 0 Å². The molecule has 2 unspecified atom stereocenters. The molecular weight excluding hydrogens is 446 g/mol. The van der Waals surface area contributed by atoms with E-state index in [-0.39, 0.29) is 24.7 Å². The average Bonchev–Trinajstić information content (AvgIpc) is 3.36. The van der Waals surface area contributed by atoms with Gasteiger partial charge in [0, 0.05) is 37.1 Å². The Morgan fingerprint density at radius 3 is 2.03 bits per heavy atom. The number of phenolic OH excluding ortho intramolecular Hbond substituents is 1. The molecule has 0 spiro atoms. The van der Waals surface area contributed by atoms with Crippen molar-refractivity contribution in [2.24, 2.45) is 0 Å². The fraction of sp³-hybridized carbons (Fsp3) is 0.571. The van der Waals surface area contributed by atoms with Crippen LogP contribution in [0.4, 0.5) is 0 Å². The first-order valence-corrected chi connectivity index (χ1v) is 12.9. The van der Waals surface area contributed by atoms with E-state index < -0.39 is 0 Å². The van der Waals surface area contributed by atoms with Gasteiger partial charge in [-0.25, -0.2) is 0 Å². The minimum atomic E-state index is -0.0195. The van der Waals surface area contributed by atoms with Crippen molar-refractivity contribution in [3.63, 3.8) is 0 Å². The Morgan fingerprint density at radius 1 is 0.886 bits per heavy atom. The molecule has 1 saturated heterocycles. The van der Waals surface area contributed by atoms with Crippen LogP contribution in [0.25, 0.3) is 0 Å². The van der Waals surface area contributed by atoms with Crippen LogP contribution < -0.4 is 23.7 Å². The van der Waals surface area contributed by atoms with Crippen molar-refractivity contribution in [1.29, 1.82) is 0 Å². The van der Waals surface area contributed by atoms with E-state index in [0.717, 1.165) is 42.1 Å². The number of hydrogen-bond acceptors (Lipinski definition) is 7. The minimum Gasteiger partial charge on any atom is -0.502 e. The van der Waals surface area contributed by atoms with Crippen LogP contribution in [0.1, 0.15) is 76.8 Å². The maximum absolute atomic E-state index is 10.4. The van der Waals surface area contributed by atoms with Gasteiger partial charge in [-0.2, -0.15) is 0 Å². The number of likely N-dealkylation sites (tertiary alicyclic amines) is 1. The van der Waals surface area contributed by atoms with E-state index in [2.05, 4.69) is 18.7 Å². The van der Waals surface area contributed by atoms with Gasteiger partial charge < -0.3 is 28.8 Å². The molecule has 2 atom stereocenters. The molecule has 5 rings (SSSR count). The van der Waals surface area contributed by atoms with Gasteiger partial charge in [0.1, 0.15) is 5.75 Å². The summed E-state index contributed by atoms with van der Waals surface area (Å²) in [6.45, 7) is 10.6. The number of nitrogens with zero attached hydrogens (tertiary/aromatic N) is 1. The molecule has 3 aliphatic heterocycles. The minimum absolute atomic E-state index is 0.00861. The van der Waals surface area contributed by atoms with Crippen LogP contribution >= 0.6 is 0 Å². The number of aromatic hydroxyl groups is 1. The van der Waals surface area contributed by atoms with Gasteiger partial charge in [0.15, 0.2) is 29.2 Å². The van der Waals surface area contributed by atoms with Crippen LogP contribution in [0.5, 0.6) is 34.5 Å². The molecule has 7 nitrogen and oxygen atoms in total. The van der Waals surface area contributed by atoms with Gasteiger partial charge in [0.25, 0.3) is 0 Å². The topological polar surface area (TPSA) is 69.6 Å². The zero-order chi connectivity index (χ0) is 25.4. The summed E-state index contributed by atoms with van der Waals surface area (Å²) < 4.78 is 28.5. The summed E-state index contributed by atoms with van der Waals surface area (Å²) in [4.78, 5) is 2.43. The first-order chi connectivity index (χ1) is 17.1. The second-order valence-electron chi connectivity index (χ2n) is 8.68. The highest BCUT2D eigenvalue weighted by atomic mass is 16.7. The highest BCUT2D eigenvalue weighted by Crippen LogP contribution is 2.49. The highest BCUT2D eigenvalue weighted by Gasteiger charge is 2.36. The van der Waals surface area contributed by atoms with E-state index in [1.165, 1.54) is 25.7 Å². The van der Waals surface area contributed by atoms with Gasteiger partial charge in [-0.05, 0) is 36.6 Å². The van der Waals surface area contributed by atoms with Crippen LogP contribution in [-0.4, -0.2) is 50.3 Å². The van der Waals surface area contributed by atoms with E-state index in [4.69, 9.17) is 23.7 Å². The third-order valence-corrected chi connectivity index (χ3v) is 6.28. The maximum atomic E-state index is 10.4. The first kappa shape index (κ1) is 26.8. The lowest BCUT2D eigenvalue weighted by atomic mass is 9.84. The molecule has 0 aromatic heterocycles. The predicted molar refractivity (Wildman–Crippen MR) is 137 cm³/mol. The number of piperidine rings is 1. The van der Waals surface area contributed by atoms with Gasteiger partial charge in [-0.15, -0.1) is 0 Å². The van der Waals surface area contributed by atoms with Crippen LogP contribution in [0.15, 0.2) is 24.3 Å². The summed E-state index contributed by atoms with van der Waals surface area (Å²) in [7, 11) is 3.09. The lowest BCUT2D eigenvalue weighted by Gasteiger charge is -2.40. The summed E-state index contributed by atoms with van der Waals surface area (Å²) in [5.41, 5.74) is 2.05. The molecule has 35 heavy (non-hydrogen) atoms.